The van der Waals surface area contributed by atoms with Crippen molar-refractivity contribution in [3.8, 4) is 5.69 Å². The topological polar surface area (TPSA) is 64.3 Å². The second kappa shape index (κ2) is 8.68. The Bertz CT molecular complexity index is 1540. The van der Waals surface area contributed by atoms with Crippen LogP contribution in [-0.4, -0.2) is 34.0 Å². The number of thiophene rings is 1. The zero-order valence-electron chi connectivity index (χ0n) is 20.0. The Morgan fingerprint density at radius 1 is 1.00 bits per heavy atom. The molecule has 2 heterocycles. The number of hydrogen-bond donors (Lipinski definition) is 0. The normalized spacial score (nSPS) is 11.3. The van der Waals surface area contributed by atoms with Gasteiger partial charge in [-0.2, -0.15) is 0 Å². The van der Waals surface area contributed by atoms with Crippen molar-refractivity contribution in [3.05, 3.63) is 95.7 Å². The monoisotopic (exact) mass is 479 g/mol. The average molecular weight is 480 g/mol. The van der Waals surface area contributed by atoms with Crippen molar-refractivity contribution in [2.75, 3.05) is 14.1 Å². The molecule has 4 rings (SSSR count). The van der Waals surface area contributed by atoms with Crippen LogP contribution in [-0.2, 0) is 6.54 Å². The second-order valence-electron chi connectivity index (χ2n) is 8.80. The SMILES string of the molecule is Cc1cc(C)c(Cn2c(=O)n(-c3ccc(F)cc3)c(=O)c3c(C)c(C(=O)N(C)C)sc32)c(C)c1. The Kier molecular flexibility index (Phi) is 6.03. The fourth-order valence-corrected chi connectivity index (χ4v) is 5.64. The van der Waals surface area contributed by atoms with Gasteiger partial charge in [-0.15, -0.1) is 11.3 Å². The molecule has 0 N–H and O–H groups in total. The minimum Gasteiger partial charge on any atom is -0.344 e. The van der Waals surface area contributed by atoms with Crippen LogP contribution in [0, 0.1) is 33.5 Å². The molecule has 0 saturated carbocycles. The van der Waals surface area contributed by atoms with Gasteiger partial charge in [-0.25, -0.2) is 13.8 Å². The van der Waals surface area contributed by atoms with E-state index in [9.17, 15) is 18.8 Å². The van der Waals surface area contributed by atoms with E-state index in [1.165, 1.54) is 29.2 Å². The van der Waals surface area contributed by atoms with Crippen molar-refractivity contribution in [3.63, 3.8) is 0 Å². The molecule has 0 atom stereocenters. The number of benzene rings is 2. The molecule has 34 heavy (non-hydrogen) atoms. The van der Waals surface area contributed by atoms with Gasteiger partial charge < -0.3 is 4.90 Å². The molecule has 8 heteroatoms. The lowest BCUT2D eigenvalue weighted by Crippen LogP contribution is -2.39. The summed E-state index contributed by atoms with van der Waals surface area (Å²) >= 11 is 1.15. The van der Waals surface area contributed by atoms with Gasteiger partial charge in [0.25, 0.3) is 11.5 Å². The van der Waals surface area contributed by atoms with Gasteiger partial charge in [0, 0.05) is 14.1 Å². The number of amides is 1. The van der Waals surface area contributed by atoms with Gasteiger partial charge in [-0.1, -0.05) is 17.7 Å². The lowest BCUT2D eigenvalue weighted by atomic mass is 10.00. The molecule has 4 aromatic rings. The Morgan fingerprint density at radius 2 is 1.59 bits per heavy atom. The van der Waals surface area contributed by atoms with E-state index in [2.05, 4.69) is 12.1 Å². The zero-order chi connectivity index (χ0) is 24.9. The van der Waals surface area contributed by atoms with E-state index < -0.39 is 17.1 Å². The fourth-order valence-electron chi connectivity index (χ4n) is 4.33. The van der Waals surface area contributed by atoms with Crippen LogP contribution in [0.3, 0.4) is 0 Å². The molecule has 0 fully saturated rings. The summed E-state index contributed by atoms with van der Waals surface area (Å²) in [7, 11) is 3.30. The van der Waals surface area contributed by atoms with E-state index >= 15 is 0 Å². The highest BCUT2D eigenvalue weighted by molar-refractivity contribution is 7.20. The van der Waals surface area contributed by atoms with E-state index in [0.29, 0.717) is 20.7 Å². The summed E-state index contributed by atoms with van der Waals surface area (Å²) in [5.41, 5.74) is 3.93. The molecule has 2 aromatic carbocycles. The van der Waals surface area contributed by atoms with E-state index in [1.54, 1.807) is 25.6 Å². The first-order chi connectivity index (χ1) is 16.0. The Labute approximate surface area is 200 Å². The maximum atomic E-state index is 13.8. The predicted octanol–water partition coefficient (Wildman–Crippen LogP) is 4.34. The van der Waals surface area contributed by atoms with Crippen LogP contribution in [0.5, 0.6) is 0 Å². The van der Waals surface area contributed by atoms with Gasteiger partial charge in [0.15, 0.2) is 0 Å². The fraction of sp³-hybridized carbons (Fsp3) is 0.269. The highest BCUT2D eigenvalue weighted by Crippen LogP contribution is 2.30. The molecule has 1 amide bonds. The number of nitrogens with zero attached hydrogens (tertiary/aromatic N) is 3. The van der Waals surface area contributed by atoms with Crippen LogP contribution < -0.4 is 11.2 Å². The number of rotatable bonds is 4. The standard InChI is InChI=1S/C26H26FN3O3S/c1-14-11-15(2)20(16(3)12-14)13-29-25-21(17(4)22(34-25)24(32)28(5)6)23(31)30(26(29)33)19-9-7-18(27)8-10-19/h7-12H,13H2,1-6H3. The molecule has 0 spiro atoms. The molecule has 0 aliphatic carbocycles. The minimum absolute atomic E-state index is 0.229. The van der Waals surface area contributed by atoms with Gasteiger partial charge in [0.1, 0.15) is 10.6 Å². The number of halogens is 1. The van der Waals surface area contributed by atoms with Crippen LogP contribution in [0.4, 0.5) is 4.39 Å². The van der Waals surface area contributed by atoms with Crippen LogP contribution in [0.15, 0.2) is 46.0 Å². The highest BCUT2D eigenvalue weighted by atomic mass is 32.1. The first-order valence-electron chi connectivity index (χ1n) is 10.8. The average Bonchev–Trinajstić information content (AvgIpc) is 3.10. The lowest BCUT2D eigenvalue weighted by molar-refractivity contribution is 0.0831. The van der Waals surface area contributed by atoms with Crippen LogP contribution in [0.25, 0.3) is 15.9 Å². The number of aryl methyl sites for hydroxylation is 4. The molecule has 176 valence electrons. The first-order valence-corrected chi connectivity index (χ1v) is 11.7. The second-order valence-corrected chi connectivity index (χ2v) is 9.80. The summed E-state index contributed by atoms with van der Waals surface area (Å²) in [6.07, 6.45) is 0. The third-order valence-corrected chi connectivity index (χ3v) is 7.36. The number of aromatic nitrogens is 2. The van der Waals surface area contributed by atoms with Gasteiger partial charge in [-0.3, -0.25) is 14.2 Å². The summed E-state index contributed by atoms with van der Waals surface area (Å²) < 4.78 is 16.2. The van der Waals surface area contributed by atoms with Crippen molar-refractivity contribution < 1.29 is 9.18 Å². The minimum atomic E-state index is -0.534. The molecular weight excluding hydrogens is 453 g/mol. The van der Waals surface area contributed by atoms with Crippen LogP contribution in [0.2, 0.25) is 0 Å². The third kappa shape index (κ3) is 3.88. The van der Waals surface area contributed by atoms with Crippen molar-refractivity contribution >= 4 is 27.5 Å². The lowest BCUT2D eigenvalue weighted by Gasteiger charge is -2.16. The van der Waals surface area contributed by atoms with E-state index in [1.807, 2.05) is 20.8 Å². The van der Waals surface area contributed by atoms with Gasteiger partial charge in [-0.05, 0) is 74.2 Å². The quantitative estimate of drug-likeness (QED) is 0.438. The summed E-state index contributed by atoms with van der Waals surface area (Å²) in [4.78, 5) is 42.5. The van der Waals surface area contributed by atoms with Gasteiger partial charge >= 0.3 is 5.69 Å². The maximum Gasteiger partial charge on any atom is 0.337 e. The number of carbonyl (C=O) groups excluding carboxylic acids is 1. The van der Waals surface area contributed by atoms with Crippen molar-refractivity contribution in [1.29, 1.82) is 0 Å². The maximum absolute atomic E-state index is 13.8. The molecule has 0 unspecified atom stereocenters. The van der Waals surface area contributed by atoms with E-state index in [-0.39, 0.29) is 18.1 Å². The van der Waals surface area contributed by atoms with Crippen molar-refractivity contribution in [2.24, 2.45) is 0 Å². The molecule has 0 bridgehead atoms. The number of hydrogen-bond acceptors (Lipinski definition) is 4. The summed E-state index contributed by atoms with van der Waals surface area (Å²) in [6.45, 7) is 7.97. The van der Waals surface area contributed by atoms with Crippen molar-refractivity contribution in [2.45, 2.75) is 34.2 Å². The van der Waals surface area contributed by atoms with Crippen molar-refractivity contribution in [1.82, 2.24) is 14.0 Å². The molecular formula is C26H26FN3O3S. The number of carbonyl (C=O) groups is 1. The highest BCUT2D eigenvalue weighted by Gasteiger charge is 2.25. The zero-order valence-corrected chi connectivity index (χ0v) is 20.8. The van der Waals surface area contributed by atoms with E-state index in [4.69, 9.17) is 0 Å². The largest absolute Gasteiger partial charge is 0.344 e. The Morgan fingerprint density at radius 3 is 2.15 bits per heavy atom. The summed E-state index contributed by atoms with van der Waals surface area (Å²) in [5.74, 6) is -0.692. The predicted molar refractivity (Wildman–Crippen MR) is 134 cm³/mol. The van der Waals surface area contributed by atoms with Crippen LogP contribution in [0.1, 0.15) is 37.5 Å². The molecule has 0 radical (unpaired) electrons. The molecule has 0 aliphatic heterocycles. The Hall–Kier alpha value is -3.52. The van der Waals surface area contributed by atoms with E-state index in [0.717, 1.165) is 38.2 Å². The number of fused-ring (bicyclic) bond motifs is 1. The Balaban J connectivity index is 2.10. The molecule has 2 aromatic heterocycles. The smallest absolute Gasteiger partial charge is 0.337 e. The third-order valence-electron chi connectivity index (χ3n) is 6.05. The molecule has 0 aliphatic rings. The van der Waals surface area contributed by atoms with Gasteiger partial charge in [0.2, 0.25) is 0 Å². The summed E-state index contributed by atoms with van der Waals surface area (Å²) in [5, 5.41) is 0.321. The molecule has 6 nitrogen and oxygen atoms in total. The summed E-state index contributed by atoms with van der Waals surface area (Å²) in [6, 6.07) is 9.36. The van der Waals surface area contributed by atoms with Crippen LogP contribution >= 0.6 is 11.3 Å². The van der Waals surface area contributed by atoms with Gasteiger partial charge in [0.05, 0.1) is 22.5 Å². The molecule has 0 saturated heterocycles. The first kappa shape index (κ1) is 23.6.